The predicted octanol–water partition coefficient (Wildman–Crippen LogP) is -2.61. The van der Waals surface area contributed by atoms with Gasteiger partial charge in [0.1, 0.15) is 18.1 Å². The van der Waals surface area contributed by atoms with E-state index in [0.29, 0.717) is 6.42 Å². The summed E-state index contributed by atoms with van der Waals surface area (Å²) in [6, 6.07) is -4.01. The van der Waals surface area contributed by atoms with E-state index in [-0.39, 0.29) is 18.9 Å². The maximum Gasteiger partial charge on any atom is 0.328 e. The summed E-state index contributed by atoms with van der Waals surface area (Å²) in [4.78, 5) is 58.2. The molecule has 4 unspecified atom stereocenters. The summed E-state index contributed by atoms with van der Waals surface area (Å²) >= 11 is 0. The highest BCUT2D eigenvalue weighted by atomic mass is 16.4. The lowest BCUT2D eigenvalue weighted by Crippen LogP contribution is -2.58. The summed E-state index contributed by atoms with van der Waals surface area (Å²) in [7, 11) is 0. The van der Waals surface area contributed by atoms with Crippen LogP contribution in [0.15, 0.2) is 0 Å². The number of hydrogen-bond acceptors (Lipinski definition) is 7. The zero-order valence-corrected chi connectivity index (χ0v) is 15.8. The highest BCUT2D eigenvalue weighted by molar-refractivity contribution is 5.93. The number of carbonyl (C=O) groups excluding carboxylic acids is 3. The quantitative estimate of drug-likeness (QED) is 0.171. The number of carboxylic acids is 2. The van der Waals surface area contributed by atoms with Crippen molar-refractivity contribution in [1.82, 2.24) is 16.0 Å². The van der Waals surface area contributed by atoms with Crippen LogP contribution in [-0.2, 0) is 24.0 Å². The van der Waals surface area contributed by atoms with Gasteiger partial charge in [0.15, 0.2) is 0 Å². The first-order valence-electron chi connectivity index (χ1n) is 8.72. The third-order valence-electron chi connectivity index (χ3n) is 4.07. The molecule has 160 valence electrons. The molecular formula is C16H28N4O8. The van der Waals surface area contributed by atoms with Crippen molar-refractivity contribution in [1.29, 1.82) is 0 Å². The van der Waals surface area contributed by atoms with Crippen molar-refractivity contribution in [2.24, 2.45) is 11.7 Å². The molecule has 0 bridgehead atoms. The fourth-order valence-electron chi connectivity index (χ4n) is 2.19. The molecule has 0 rings (SSSR count). The first-order chi connectivity index (χ1) is 13.1. The molecule has 0 aromatic carbocycles. The minimum atomic E-state index is -1.61. The van der Waals surface area contributed by atoms with E-state index in [4.69, 9.17) is 21.1 Å². The minimum Gasteiger partial charge on any atom is -0.481 e. The number of rotatable bonds is 13. The zero-order valence-electron chi connectivity index (χ0n) is 15.8. The van der Waals surface area contributed by atoms with Gasteiger partial charge in [-0.15, -0.1) is 0 Å². The van der Waals surface area contributed by atoms with Gasteiger partial charge in [0, 0.05) is 6.42 Å². The summed E-state index contributed by atoms with van der Waals surface area (Å²) in [5.74, 6) is -5.33. The van der Waals surface area contributed by atoms with Crippen LogP contribution in [0.3, 0.4) is 0 Å². The highest BCUT2D eigenvalue weighted by Gasteiger charge is 2.31. The number of aliphatic carboxylic acids is 2. The SMILES string of the molecule is CCC(C)C(NC(=O)CN)C(=O)NC(CCC(=O)O)C(=O)NC(CO)C(=O)O. The third kappa shape index (κ3) is 8.77. The van der Waals surface area contributed by atoms with Gasteiger partial charge in [-0.25, -0.2) is 4.79 Å². The Morgan fingerprint density at radius 3 is 1.96 bits per heavy atom. The summed E-state index contributed by atoms with van der Waals surface area (Å²) < 4.78 is 0. The maximum absolute atomic E-state index is 12.6. The lowest BCUT2D eigenvalue weighted by Gasteiger charge is -2.26. The molecule has 0 aliphatic rings. The molecule has 0 heterocycles. The Kier molecular flexibility index (Phi) is 11.4. The Bertz CT molecular complexity index is 583. The number of aliphatic hydroxyl groups excluding tert-OH is 1. The lowest BCUT2D eigenvalue weighted by atomic mass is 9.97. The molecule has 0 saturated heterocycles. The molecule has 0 saturated carbocycles. The molecule has 0 aliphatic carbocycles. The molecule has 0 radical (unpaired) electrons. The fraction of sp³-hybridized carbons (Fsp3) is 0.688. The Morgan fingerprint density at radius 2 is 1.54 bits per heavy atom. The summed E-state index contributed by atoms with van der Waals surface area (Å²) in [5.41, 5.74) is 5.24. The first-order valence-corrected chi connectivity index (χ1v) is 8.72. The van der Waals surface area contributed by atoms with Gasteiger partial charge in [-0.3, -0.25) is 19.2 Å². The summed E-state index contributed by atoms with van der Waals surface area (Å²) in [5, 5.41) is 33.6. The van der Waals surface area contributed by atoms with Gasteiger partial charge in [-0.2, -0.15) is 0 Å². The monoisotopic (exact) mass is 404 g/mol. The third-order valence-corrected chi connectivity index (χ3v) is 4.07. The average molecular weight is 404 g/mol. The number of amides is 3. The van der Waals surface area contributed by atoms with Gasteiger partial charge >= 0.3 is 11.9 Å². The van der Waals surface area contributed by atoms with Crippen molar-refractivity contribution in [3.63, 3.8) is 0 Å². The van der Waals surface area contributed by atoms with Crippen LogP contribution in [-0.4, -0.2) is 76.3 Å². The van der Waals surface area contributed by atoms with Crippen molar-refractivity contribution in [2.45, 2.75) is 51.2 Å². The minimum absolute atomic E-state index is 0.317. The molecule has 8 N–H and O–H groups in total. The molecule has 0 spiro atoms. The van der Waals surface area contributed by atoms with E-state index in [1.807, 2.05) is 5.32 Å². The first kappa shape index (κ1) is 25.3. The summed E-state index contributed by atoms with van der Waals surface area (Å²) in [6.07, 6.45) is -0.276. The smallest absolute Gasteiger partial charge is 0.328 e. The second kappa shape index (κ2) is 12.6. The molecule has 0 aliphatic heterocycles. The van der Waals surface area contributed by atoms with Crippen LogP contribution in [0.1, 0.15) is 33.1 Å². The molecule has 28 heavy (non-hydrogen) atoms. The largest absolute Gasteiger partial charge is 0.481 e. The van der Waals surface area contributed by atoms with Gasteiger partial charge < -0.3 is 37.0 Å². The molecule has 0 fully saturated rings. The van der Waals surface area contributed by atoms with Gasteiger partial charge in [0.2, 0.25) is 17.7 Å². The Balaban J connectivity index is 5.38. The van der Waals surface area contributed by atoms with E-state index in [2.05, 4.69) is 10.6 Å². The average Bonchev–Trinajstić information content (AvgIpc) is 2.65. The van der Waals surface area contributed by atoms with E-state index < -0.39 is 60.8 Å². The Labute approximate surface area is 161 Å². The van der Waals surface area contributed by atoms with Crippen LogP contribution in [0.25, 0.3) is 0 Å². The lowest BCUT2D eigenvalue weighted by molar-refractivity contribution is -0.144. The molecule has 12 heteroatoms. The van der Waals surface area contributed by atoms with E-state index in [1.165, 1.54) is 0 Å². The van der Waals surface area contributed by atoms with Crippen LogP contribution >= 0.6 is 0 Å². The van der Waals surface area contributed by atoms with Gasteiger partial charge in [-0.1, -0.05) is 20.3 Å². The van der Waals surface area contributed by atoms with Crippen molar-refractivity contribution in [3.8, 4) is 0 Å². The van der Waals surface area contributed by atoms with Crippen LogP contribution < -0.4 is 21.7 Å². The normalized spacial score (nSPS) is 14.9. The number of carbonyl (C=O) groups is 5. The molecule has 0 aromatic heterocycles. The maximum atomic E-state index is 12.6. The molecule has 3 amide bonds. The van der Waals surface area contributed by atoms with Crippen molar-refractivity contribution in [2.75, 3.05) is 13.2 Å². The highest BCUT2D eigenvalue weighted by Crippen LogP contribution is 2.09. The Hall–Kier alpha value is -2.73. The zero-order chi connectivity index (χ0) is 21.9. The number of aliphatic hydroxyl groups is 1. The second-order valence-corrected chi connectivity index (χ2v) is 6.21. The van der Waals surface area contributed by atoms with E-state index in [9.17, 15) is 24.0 Å². The van der Waals surface area contributed by atoms with Crippen LogP contribution in [0.2, 0.25) is 0 Å². The number of carboxylic acid groups (broad SMARTS) is 2. The van der Waals surface area contributed by atoms with E-state index in [1.54, 1.807) is 13.8 Å². The summed E-state index contributed by atoms with van der Waals surface area (Å²) in [6.45, 7) is 2.25. The number of nitrogens with two attached hydrogens (primary N) is 1. The van der Waals surface area contributed by atoms with Crippen LogP contribution in [0.4, 0.5) is 0 Å². The van der Waals surface area contributed by atoms with E-state index >= 15 is 0 Å². The molecule has 0 aromatic rings. The number of nitrogens with one attached hydrogen (secondary N) is 3. The predicted molar refractivity (Wildman–Crippen MR) is 95.9 cm³/mol. The Morgan fingerprint density at radius 1 is 0.964 bits per heavy atom. The number of hydrogen-bond donors (Lipinski definition) is 7. The fourth-order valence-corrected chi connectivity index (χ4v) is 2.19. The van der Waals surface area contributed by atoms with Crippen LogP contribution in [0.5, 0.6) is 0 Å². The van der Waals surface area contributed by atoms with Crippen LogP contribution in [0, 0.1) is 5.92 Å². The van der Waals surface area contributed by atoms with Gasteiger partial charge in [0.25, 0.3) is 0 Å². The van der Waals surface area contributed by atoms with Gasteiger partial charge in [-0.05, 0) is 12.3 Å². The van der Waals surface area contributed by atoms with Crippen molar-refractivity contribution < 1.29 is 39.3 Å². The second-order valence-electron chi connectivity index (χ2n) is 6.21. The van der Waals surface area contributed by atoms with Crippen molar-refractivity contribution >= 4 is 29.7 Å². The van der Waals surface area contributed by atoms with Crippen molar-refractivity contribution in [3.05, 3.63) is 0 Å². The van der Waals surface area contributed by atoms with E-state index in [0.717, 1.165) is 0 Å². The standard InChI is InChI=1S/C16H28N4O8/c1-3-8(2)13(20-11(22)6-17)15(26)18-9(4-5-12(23)24)14(25)19-10(7-21)16(27)28/h8-10,13,21H,3-7,17H2,1-2H3,(H,18,26)(H,19,25)(H,20,22)(H,23,24)(H,27,28). The molecular weight excluding hydrogens is 376 g/mol. The van der Waals surface area contributed by atoms with Gasteiger partial charge in [0.05, 0.1) is 13.2 Å². The topological polar surface area (TPSA) is 208 Å². The molecule has 12 nitrogen and oxygen atoms in total. The molecule has 4 atom stereocenters.